The van der Waals surface area contributed by atoms with Crippen LogP contribution >= 0.6 is 24.8 Å². The van der Waals surface area contributed by atoms with E-state index in [0.717, 1.165) is 0 Å². The van der Waals surface area contributed by atoms with E-state index in [-0.39, 0.29) is 32.2 Å². The van der Waals surface area contributed by atoms with Gasteiger partial charge >= 0.3 is 159 Å². The van der Waals surface area contributed by atoms with Gasteiger partial charge in [0, 0.05) is 0 Å². The molecule has 1 nitrogen and oxygen atoms in total. The van der Waals surface area contributed by atoms with Crippen molar-refractivity contribution in [2.45, 2.75) is 7.35 Å². The zero-order chi connectivity index (χ0) is 17.6. The molecule has 3 aromatic carbocycles. The molecule has 0 aromatic heterocycles. The van der Waals surface area contributed by atoms with Gasteiger partial charge in [-0.1, -0.05) is 0 Å². The minimum absolute atomic E-state index is 0. The van der Waals surface area contributed by atoms with Crippen molar-refractivity contribution < 1.29 is 19.8 Å². The van der Waals surface area contributed by atoms with E-state index >= 15 is 0 Å². The molecule has 3 aromatic rings. The Kier molecular flexibility index (Phi) is 6.34. The van der Waals surface area contributed by atoms with Crippen molar-refractivity contribution in [3.05, 3.63) is 113 Å². The summed E-state index contributed by atoms with van der Waals surface area (Å²) < 4.78 is 11.8. The van der Waals surface area contributed by atoms with Crippen molar-refractivity contribution in [2.75, 3.05) is 0 Å². The number of nitrogens with one attached hydrogen (secondary N) is 1. The van der Waals surface area contributed by atoms with Gasteiger partial charge in [-0.25, -0.2) is 0 Å². The molecule has 0 saturated heterocycles. The molecular weight excluding hydrogens is 552 g/mol. The molecule has 28 heavy (non-hydrogen) atoms. The molecule has 0 aliphatic heterocycles. The van der Waals surface area contributed by atoms with E-state index in [1.54, 1.807) is 0 Å². The van der Waals surface area contributed by atoms with Crippen molar-refractivity contribution in [3.63, 3.8) is 0 Å². The summed E-state index contributed by atoms with van der Waals surface area (Å²) in [4.78, 5) is 0. The number of rotatable bonds is 3. The van der Waals surface area contributed by atoms with Gasteiger partial charge in [0.05, 0.1) is 0 Å². The molecule has 5 rings (SSSR count). The average molecular weight is 574 g/mol. The fourth-order valence-electron chi connectivity index (χ4n) is 4.56. The van der Waals surface area contributed by atoms with E-state index in [4.69, 9.17) is 0 Å². The topological polar surface area (TPSA) is 23.9 Å². The number of hydrogen-bond donors (Lipinski definition) is 1. The Hall–Kier alpha value is -1.61. The normalized spacial score (nSPS) is 20.4. The maximum absolute atomic E-state index is 10.0. The van der Waals surface area contributed by atoms with Crippen LogP contribution in [0.15, 0.2) is 91.0 Å². The third kappa shape index (κ3) is 3.22. The van der Waals surface area contributed by atoms with Gasteiger partial charge in [0.25, 0.3) is 0 Å². The summed E-state index contributed by atoms with van der Waals surface area (Å²) in [5, 5.41) is 0. The van der Waals surface area contributed by atoms with Crippen molar-refractivity contribution in [2.24, 2.45) is 0 Å². The maximum atomic E-state index is 10.0. The third-order valence-corrected chi connectivity index (χ3v) is 21.1. The summed E-state index contributed by atoms with van der Waals surface area (Å²) in [6, 6.07) is 28.0. The van der Waals surface area contributed by atoms with E-state index < -0.39 is 19.8 Å². The van der Waals surface area contributed by atoms with Gasteiger partial charge in [-0.3, -0.25) is 0 Å². The summed E-state index contributed by atoms with van der Waals surface area (Å²) in [5.41, 5.74) is 5.29. The van der Waals surface area contributed by atoms with Crippen molar-refractivity contribution in [3.8, 4) is 0 Å². The van der Waals surface area contributed by atoms with E-state index in [1.807, 2.05) is 0 Å². The molecular formula is C24H22Cl2HfN. The predicted octanol–water partition coefficient (Wildman–Crippen LogP) is 6.61. The quantitative estimate of drug-likeness (QED) is 0.341. The van der Waals surface area contributed by atoms with Crippen LogP contribution in [0.2, 0.25) is 0 Å². The van der Waals surface area contributed by atoms with Crippen LogP contribution in [0.4, 0.5) is 0 Å². The van der Waals surface area contributed by atoms with E-state index in [9.17, 15) is 3.33 Å². The van der Waals surface area contributed by atoms with Crippen LogP contribution in [-0.2, 0) is 19.8 Å². The van der Waals surface area contributed by atoms with Crippen LogP contribution in [-0.4, -0.2) is 0 Å². The molecule has 0 fully saturated rings. The Labute approximate surface area is 183 Å². The fourth-order valence-corrected chi connectivity index (χ4v) is 19.5. The third-order valence-electron chi connectivity index (χ3n) is 5.83. The first-order valence-corrected chi connectivity index (χ1v) is 16.9. The van der Waals surface area contributed by atoms with Gasteiger partial charge in [0.1, 0.15) is 0 Å². The molecule has 1 N–H and O–H groups in total. The molecule has 2 atom stereocenters. The van der Waals surface area contributed by atoms with Crippen LogP contribution in [0.25, 0.3) is 12.2 Å². The van der Waals surface area contributed by atoms with E-state index in [0.29, 0.717) is 0 Å². The molecule has 2 aliphatic carbocycles. The zero-order valence-corrected chi connectivity index (χ0v) is 20.5. The van der Waals surface area contributed by atoms with Gasteiger partial charge < -0.3 is 0 Å². The molecule has 0 amide bonds. The predicted molar refractivity (Wildman–Crippen MR) is 120 cm³/mol. The monoisotopic (exact) mass is 574 g/mol. The van der Waals surface area contributed by atoms with Gasteiger partial charge in [0.15, 0.2) is 0 Å². The number of benzene rings is 3. The first-order valence-electron chi connectivity index (χ1n) is 9.13. The molecule has 2 unspecified atom stereocenters. The summed E-state index contributed by atoms with van der Waals surface area (Å²) in [5.74, 6) is 0. The fraction of sp³-hybridized carbons (Fsp3) is 0.0833. The summed E-state index contributed by atoms with van der Waals surface area (Å²) in [6.45, 7) is 0. The van der Waals surface area contributed by atoms with Crippen molar-refractivity contribution in [1.82, 2.24) is 0 Å². The number of allylic oxidation sites excluding steroid dienone is 2. The number of halogens is 2. The van der Waals surface area contributed by atoms with Crippen molar-refractivity contribution in [1.29, 1.82) is 3.33 Å². The Morgan fingerprint density at radius 3 is 1.50 bits per heavy atom. The van der Waals surface area contributed by atoms with Crippen LogP contribution < -0.4 is 3.32 Å². The Morgan fingerprint density at radius 1 is 0.571 bits per heavy atom. The molecule has 4 heteroatoms. The van der Waals surface area contributed by atoms with E-state index in [1.165, 1.54) is 25.6 Å². The summed E-state index contributed by atoms with van der Waals surface area (Å²) >= 11 is -3.83. The molecule has 0 radical (unpaired) electrons. The van der Waals surface area contributed by atoms with Gasteiger partial charge in [-0.15, -0.1) is 24.8 Å². The van der Waals surface area contributed by atoms with Crippen LogP contribution in [0.3, 0.4) is 0 Å². The summed E-state index contributed by atoms with van der Waals surface area (Å²) in [6.07, 6.45) is 9.11. The van der Waals surface area contributed by atoms with Gasteiger partial charge in [0.2, 0.25) is 0 Å². The molecule has 2 aliphatic rings. The first kappa shape index (κ1) is 21.1. The molecule has 0 heterocycles. The first-order chi connectivity index (χ1) is 12.8. The molecule has 141 valence electrons. The summed E-state index contributed by atoms with van der Waals surface area (Å²) in [7, 11) is 0. The van der Waals surface area contributed by atoms with Crippen molar-refractivity contribution >= 4 is 40.3 Å². The van der Waals surface area contributed by atoms with Gasteiger partial charge in [-0.2, -0.15) is 0 Å². The Morgan fingerprint density at radius 2 is 1.00 bits per heavy atom. The minimum atomic E-state index is -3.83. The number of fused-ring (bicyclic) bond motifs is 2. The second-order valence-corrected chi connectivity index (χ2v) is 20.0. The zero-order valence-electron chi connectivity index (χ0n) is 15.3. The Bertz CT molecular complexity index is 1020. The van der Waals surface area contributed by atoms with E-state index in [2.05, 4.69) is 103 Å². The van der Waals surface area contributed by atoms with Crippen LogP contribution in [0.5, 0.6) is 0 Å². The molecule has 0 saturated carbocycles. The standard InChI is InChI=1S/2C9H7.C6H5.2ClH.Hf.HN/c2*1-2-5-9-7-3-6-8(9)4-1;1-2-4-6-5-3-1;;;;/h2*1-7H;1-5H;2*1H;;1H. The Balaban J connectivity index is 0.00000112. The average Bonchev–Trinajstić information content (AvgIpc) is 3.33. The second-order valence-electron chi connectivity index (χ2n) is 7.17. The molecule has 0 spiro atoms. The SMILES string of the molecule is Cl.Cl.[NH]=[Hf]([c]1ccccc1)([CH]1C=Cc2ccccc21)[CH]1C=Cc2ccccc21. The van der Waals surface area contributed by atoms with Gasteiger partial charge in [-0.05, 0) is 0 Å². The van der Waals surface area contributed by atoms with Crippen LogP contribution in [0, 0.1) is 3.33 Å². The van der Waals surface area contributed by atoms with Crippen LogP contribution in [0.1, 0.15) is 29.6 Å². The molecule has 0 bridgehead atoms. The second kappa shape index (κ2) is 8.41. The number of hydrogen-bond acceptors (Lipinski definition) is 1.